The maximum absolute atomic E-state index is 13.0. The van der Waals surface area contributed by atoms with Gasteiger partial charge >= 0.3 is 12.1 Å². The Bertz CT molecular complexity index is 549. The fraction of sp³-hybridized carbons (Fsp3) is 0.533. The number of aromatic carboxylic acids is 1. The normalized spacial score (nSPS) is 16.2. The number of hydrogen-bond donors (Lipinski definition) is 1. The van der Waals surface area contributed by atoms with Gasteiger partial charge in [-0.25, -0.2) is 4.79 Å². The Morgan fingerprint density at radius 1 is 1.29 bits per heavy atom. The molecule has 1 saturated carbocycles. The van der Waals surface area contributed by atoms with Gasteiger partial charge in [-0.2, -0.15) is 13.2 Å². The number of benzene rings is 1. The molecule has 2 rings (SSSR count). The van der Waals surface area contributed by atoms with Crippen molar-refractivity contribution in [3.63, 3.8) is 0 Å². The van der Waals surface area contributed by atoms with E-state index in [0.29, 0.717) is 17.3 Å². The van der Waals surface area contributed by atoms with Gasteiger partial charge in [0.2, 0.25) is 0 Å². The topological polar surface area (TPSA) is 40.5 Å². The van der Waals surface area contributed by atoms with Gasteiger partial charge in [-0.1, -0.05) is 12.8 Å². The lowest BCUT2D eigenvalue weighted by Crippen LogP contribution is -2.30. The highest BCUT2D eigenvalue weighted by molar-refractivity contribution is 5.91. The van der Waals surface area contributed by atoms with E-state index < -0.39 is 17.7 Å². The summed E-state index contributed by atoms with van der Waals surface area (Å²) in [6.07, 6.45) is -0.593. The van der Waals surface area contributed by atoms with E-state index >= 15 is 0 Å². The van der Waals surface area contributed by atoms with Crippen molar-refractivity contribution in [1.29, 1.82) is 0 Å². The van der Waals surface area contributed by atoms with Gasteiger partial charge in [0, 0.05) is 18.8 Å². The van der Waals surface area contributed by atoms with Crippen LogP contribution in [0, 0.1) is 6.92 Å². The summed E-state index contributed by atoms with van der Waals surface area (Å²) in [4.78, 5) is 13.0. The number of rotatable bonds is 3. The molecule has 1 N–H and O–H groups in total. The van der Waals surface area contributed by atoms with Crippen LogP contribution in [0.5, 0.6) is 0 Å². The van der Waals surface area contributed by atoms with Gasteiger partial charge < -0.3 is 10.0 Å². The Kier molecular flexibility index (Phi) is 4.16. The lowest BCUT2D eigenvalue weighted by Gasteiger charge is -2.29. The van der Waals surface area contributed by atoms with Crippen molar-refractivity contribution in [3.8, 4) is 0 Å². The lowest BCUT2D eigenvalue weighted by atomic mass is 10.0. The molecular weight excluding hydrogens is 283 g/mol. The van der Waals surface area contributed by atoms with E-state index in [2.05, 4.69) is 0 Å². The minimum atomic E-state index is -4.55. The molecular formula is C15H18F3NO2. The molecule has 1 aromatic rings. The van der Waals surface area contributed by atoms with Crippen molar-refractivity contribution in [1.82, 2.24) is 0 Å². The Labute approximate surface area is 121 Å². The molecule has 3 nitrogen and oxygen atoms in total. The molecule has 1 fully saturated rings. The maximum atomic E-state index is 13.0. The van der Waals surface area contributed by atoms with Crippen LogP contribution in [-0.4, -0.2) is 24.2 Å². The molecule has 0 aliphatic heterocycles. The predicted molar refractivity (Wildman–Crippen MR) is 73.8 cm³/mol. The molecule has 6 heteroatoms. The van der Waals surface area contributed by atoms with E-state index in [1.54, 1.807) is 18.9 Å². The molecule has 116 valence electrons. The number of carboxylic acids is 1. The van der Waals surface area contributed by atoms with Crippen LogP contribution in [0.4, 0.5) is 18.9 Å². The monoisotopic (exact) mass is 301 g/mol. The maximum Gasteiger partial charge on any atom is 0.416 e. The second-order valence-electron chi connectivity index (χ2n) is 5.52. The van der Waals surface area contributed by atoms with Gasteiger partial charge in [0.25, 0.3) is 0 Å². The van der Waals surface area contributed by atoms with Gasteiger partial charge in [0.05, 0.1) is 11.1 Å². The van der Waals surface area contributed by atoms with Gasteiger partial charge in [-0.15, -0.1) is 0 Å². The molecule has 21 heavy (non-hydrogen) atoms. The fourth-order valence-electron chi connectivity index (χ4n) is 2.94. The predicted octanol–water partition coefficient (Wildman–Crippen LogP) is 4.09. The summed E-state index contributed by atoms with van der Waals surface area (Å²) in [5.41, 5.74) is -0.464. The van der Waals surface area contributed by atoms with Crippen molar-refractivity contribution in [2.75, 3.05) is 11.9 Å². The molecule has 0 bridgehead atoms. The third-order valence-corrected chi connectivity index (χ3v) is 4.19. The van der Waals surface area contributed by atoms with Gasteiger partial charge in [0.1, 0.15) is 0 Å². The Morgan fingerprint density at radius 2 is 1.86 bits per heavy atom. The molecule has 0 spiro atoms. The first kappa shape index (κ1) is 15.7. The van der Waals surface area contributed by atoms with Crippen molar-refractivity contribution in [2.45, 2.75) is 44.8 Å². The smallest absolute Gasteiger partial charge is 0.416 e. The number of nitrogens with zero attached hydrogens (tertiary/aromatic N) is 1. The summed E-state index contributed by atoms with van der Waals surface area (Å²) in [6, 6.07) is 1.94. The summed E-state index contributed by atoms with van der Waals surface area (Å²) in [6.45, 7) is 1.56. The van der Waals surface area contributed by atoms with Crippen LogP contribution in [-0.2, 0) is 6.18 Å². The summed E-state index contributed by atoms with van der Waals surface area (Å²) in [5.74, 6) is -1.33. The first-order valence-electron chi connectivity index (χ1n) is 6.89. The molecule has 0 unspecified atom stereocenters. The van der Waals surface area contributed by atoms with E-state index in [1.807, 2.05) is 0 Å². The zero-order chi connectivity index (χ0) is 15.8. The molecule has 1 aliphatic rings. The van der Waals surface area contributed by atoms with Crippen LogP contribution in [0.2, 0.25) is 0 Å². The quantitative estimate of drug-likeness (QED) is 0.914. The number of carbonyl (C=O) groups is 1. The van der Waals surface area contributed by atoms with Crippen LogP contribution in [0.25, 0.3) is 0 Å². The first-order valence-corrected chi connectivity index (χ1v) is 6.89. The SMILES string of the molecule is Cc1c(C(=O)O)cc(C(F)(F)F)cc1N(C)C1CCCC1. The summed E-state index contributed by atoms with van der Waals surface area (Å²) in [5, 5.41) is 9.14. The van der Waals surface area contributed by atoms with Crippen LogP contribution in [0.1, 0.15) is 47.2 Å². The van der Waals surface area contributed by atoms with E-state index in [1.165, 1.54) is 0 Å². The number of carboxylic acid groups (broad SMARTS) is 1. The van der Waals surface area contributed by atoms with Crippen LogP contribution in [0.15, 0.2) is 12.1 Å². The highest BCUT2D eigenvalue weighted by Gasteiger charge is 2.34. The van der Waals surface area contributed by atoms with Gasteiger partial charge in [0.15, 0.2) is 0 Å². The van der Waals surface area contributed by atoms with Gasteiger partial charge in [-0.3, -0.25) is 0 Å². The largest absolute Gasteiger partial charge is 0.478 e. The molecule has 0 saturated heterocycles. The third-order valence-electron chi connectivity index (χ3n) is 4.19. The zero-order valence-electron chi connectivity index (χ0n) is 12.0. The van der Waals surface area contributed by atoms with Gasteiger partial charge in [-0.05, 0) is 37.5 Å². The second kappa shape index (κ2) is 5.58. The Balaban J connectivity index is 2.52. The number of halogens is 3. The summed E-state index contributed by atoms with van der Waals surface area (Å²) in [7, 11) is 1.74. The van der Waals surface area contributed by atoms with Crippen LogP contribution < -0.4 is 4.90 Å². The van der Waals surface area contributed by atoms with E-state index in [4.69, 9.17) is 5.11 Å². The average Bonchev–Trinajstić information content (AvgIpc) is 2.90. The van der Waals surface area contributed by atoms with Crippen molar-refractivity contribution < 1.29 is 23.1 Å². The minimum Gasteiger partial charge on any atom is -0.478 e. The lowest BCUT2D eigenvalue weighted by molar-refractivity contribution is -0.137. The molecule has 0 amide bonds. The highest BCUT2D eigenvalue weighted by Crippen LogP contribution is 2.37. The Hall–Kier alpha value is -1.72. The second-order valence-corrected chi connectivity index (χ2v) is 5.52. The van der Waals surface area contributed by atoms with Crippen molar-refractivity contribution in [2.24, 2.45) is 0 Å². The number of alkyl halides is 3. The van der Waals surface area contributed by atoms with Crippen LogP contribution >= 0.6 is 0 Å². The Morgan fingerprint density at radius 3 is 2.33 bits per heavy atom. The third kappa shape index (κ3) is 3.14. The van der Waals surface area contributed by atoms with E-state index in [9.17, 15) is 18.0 Å². The highest BCUT2D eigenvalue weighted by atomic mass is 19.4. The molecule has 0 radical (unpaired) electrons. The summed E-state index contributed by atoms with van der Waals surface area (Å²) < 4.78 is 38.9. The summed E-state index contributed by atoms with van der Waals surface area (Å²) >= 11 is 0. The van der Waals surface area contributed by atoms with E-state index in [-0.39, 0.29) is 11.6 Å². The molecule has 0 atom stereocenters. The van der Waals surface area contributed by atoms with Crippen molar-refractivity contribution in [3.05, 3.63) is 28.8 Å². The number of hydrogen-bond acceptors (Lipinski definition) is 2. The standard InChI is InChI=1S/C15H18F3NO2/c1-9-12(14(20)21)7-10(15(16,17)18)8-13(9)19(2)11-5-3-4-6-11/h7-8,11H,3-6H2,1-2H3,(H,20,21). The zero-order valence-corrected chi connectivity index (χ0v) is 12.0. The molecule has 1 aromatic carbocycles. The molecule has 0 heterocycles. The number of anilines is 1. The minimum absolute atomic E-state index is 0.175. The fourth-order valence-corrected chi connectivity index (χ4v) is 2.94. The molecule has 0 aromatic heterocycles. The van der Waals surface area contributed by atoms with Crippen LogP contribution in [0.3, 0.4) is 0 Å². The van der Waals surface area contributed by atoms with E-state index in [0.717, 1.165) is 31.7 Å². The first-order chi connectivity index (χ1) is 9.71. The average molecular weight is 301 g/mol. The van der Waals surface area contributed by atoms with Crippen molar-refractivity contribution >= 4 is 11.7 Å². The molecule has 1 aliphatic carbocycles.